The number of benzene rings is 2. The lowest BCUT2D eigenvalue weighted by Gasteiger charge is -2.13. The highest BCUT2D eigenvalue weighted by molar-refractivity contribution is 7.99. The lowest BCUT2D eigenvalue weighted by Crippen LogP contribution is -2.26. The topological polar surface area (TPSA) is 76.9 Å². The normalized spacial score (nSPS) is 15.3. The fourth-order valence-electron chi connectivity index (χ4n) is 3.52. The molecule has 0 saturated heterocycles. The third-order valence-electron chi connectivity index (χ3n) is 5.00. The van der Waals surface area contributed by atoms with Gasteiger partial charge in [0.15, 0.2) is 5.16 Å². The number of anilines is 1. The molecule has 3 heterocycles. The summed E-state index contributed by atoms with van der Waals surface area (Å²) in [6.07, 6.45) is 1.75. The molecule has 0 spiro atoms. The first-order valence-corrected chi connectivity index (χ1v) is 11.3. The lowest BCUT2D eigenvalue weighted by molar-refractivity contribution is -0.116. The number of hydrogen-bond acceptors (Lipinski definition) is 6. The van der Waals surface area contributed by atoms with Crippen LogP contribution in [0.1, 0.15) is 18.0 Å². The molecule has 0 bridgehead atoms. The standard InChI is InChI=1S/C22H18N4O2S2/c1-13-2-7-17-18(10-13)30-21(25-17)14-3-5-15(6-4-14)24-19(27)11-16-12-29-22-23-9-8-20(28)26(16)22/h2-10,16H,11-12H2,1H3,(H,24,27). The van der Waals surface area contributed by atoms with Crippen LogP contribution in [0.15, 0.2) is 64.7 Å². The van der Waals surface area contributed by atoms with Gasteiger partial charge in [0.1, 0.15) is 5.01 Å². The molecule has 30 heavy (non-hydrogen) atoms. The Labute approximate surface area is 181 Å². The van der Waals surface area contributed by atoms with Gasteiger partial charge in [-0.25, -0.2) is 9.97 Å². The van der Waals surface area contributed by atoms with E-state index in [9.17, 15) is 9.59 Å². The summed E-state index contributed by atoms with van der Waals surface area (Å²) < 4.78 is 2.78. The quantitative estimate of drug-likeness (QED) is 0.479. The second kappa shape index (κ2) is 7.70. The van der Waals surface area contributed by atoms with Gasteiger partial charge in [0.25, 0.3) is 5.56 Å². The van der Waals surface area contributed by atoms with Crippen molar-refractivity contribution in [2.75, 3.05) is 11.1 Å². The van der Waals surface area contributed by atoms with Crippen LogP contribution in [0, 0.1) is 6.92 Å². The minimum absolute atomic E-state index is 0.113. The molecule has 1 atom stereocenters. The highest BCUT2D eigenvalue weighted by Crippen LogP contribution is 2.33. The van der Waals surface area contributed by atoms with E-state index in [1.165, 1.54) is 34.3 Å². The Balaban J connectivity index is 1.28. The summed E-state index contributed by atoms with van der Waals surface area (Å²) in [6.45, 7) is 2.08. The van der Waals surface area contributed by atoms with Crippen molar-refractivity contribution in [3.05, 3.63) is 70.6 Å². The number of hydrogen-bond donors (Lipinski definition) is 1. The van der Waals surface area contributed by atoms with E-state index in [0.717, 1.165) is 21.8 Å². The predicted molar refractivity (Wildman–Crippen MR) is 121 cm³/mol. The van der Waals surface area contributed by atoms with Crippen LogP contribution in [0.25, 0.3) is 20.8 Å². The van der Waals surface area contributed by atoms with Crippen LogP contribution in [0.4, 0.5) is 5.69 Å². The fraction of sp³-hybridized carbons (Fsp3) is 0.182. The first-order valence-electron chi connectivity index (χ1n) is 9.55. The minimum Gasteiger partial charge on any atom is -0.326 e. The smallest absolute Gasteiger partial charge is 0.254 e. The molecule has 5 rings (SSSR count). The number of aryl methyl sites for hydroxylation is 1. The number of carbonyl (C=O) groups is 1. The van der Waals surface area contributed by atoms with Gasteiger partial charge in [0, 0.05) is 35.7 Å². The van der Waals surface area contributed by atoms with Crippen molar-refractivity contribution in [3.8, 4) is 10.6 Å². The van der Waals surface area contributed by atoms with Crippen molar-refractivity contribution >= 4 is 44.9 Å². The number of nitrogens with zero attached hydrogens (tertiary/aromatic N) is 3. The number of fused-ring (bicyclic) bond motifs is 2. The summed E-state index contributed by atoms with van der Waals surface area (Å²) in [6, 6.07) is 15.2. The maximum Gasteiger partial charge on any atom is 0.254 e. The number of amides is 1. The Morgan fingerprint density at radius 1 is 1.20 bits per heavy atom. The summed E-state index contributed by atoms with van der Waals surface area (Å²) in [5.41, 5.74) is 3.85. The van der Waals surface area contributed by atoms with Gasteiger partial charge in [-0.15, -0.1) is 11.3 Å². The van der Waals surface area contributed by atoms with E-state index in [2.05, 4.69) is 29.4 Å². The zero-order valence-electron chi connectivity index (χ0n) is 16.2. The Bertz CT molecular complexity index is 1310. The molecular formula is C22H18N4O2S2. The number of rotatable bonds is 4. The number of thiazole rings is 1. The molecule has 1 amide bonds. The van der Waals surface area contributed by atoms with Crippen LogP contribution in [-0.4, -0.2) is 26.2 Å². The van der Waals surface area contributed by atoms with Crippen molar-refractivity contribution in [2.45, 2.75) is 24.5 Å². The van der Waals surface area contributed by atoms with E-state index < -0.39 is 0 Å². The van der Waals surface area contributed by atoms with Crippen LogP contribution in [-0.2, 0) is 4.79 Å². The van der Waals surface area contributed by atoms with Crippen LogP contribution in [0.3, 0.4) is 0 Å². The number of nitrogens with one attached hydrogen (secondary N) is 1. The number of aromatic nitrogens is 3. The SMILES string of the molecule is Cc1ccc2nc(-c3ccc(NC(=O)CC4CSc5nccc(=O)n54)cc3)sc2c1. The fourth-order valence-corrected chi connectivity index (χ4v) is 5.71. The second-order valence-corrected chi connectivity index (χ2v) is 9.24. The first kappa shape index (κ1) is 19.0. The van der Waals surface area contributed by atoms with Gasteiger partial charge in [-0.2, -0.15) is 0 Å². The van der Waals surface area contributed by atoms with Crippen LogP contribution >= 0.6 is 23.1 Å². The van der Waals surface area contributed by atoms with Crippen molar-refractivity contribution in [1.82, 2.24) is 14.5 Å². The van der Waals surface area contributed by atoms with Gasteiger partial charge in [-0.1, -0.05) is 17.8 Å². The van der Waals surface area contributed by atoms with Crippen LogP contribution < -0.4 is 10.9 Å². The van der Waals surface area contributed by atoms with Gasteiger partial charge in [-0.05, 0) is 48.9 Å². The van der Waals surface area contributed by atoms with Gasteiger partial charge in [0.2, 0.25) is 5.91 Å². The van der Waals surface area contributed by atoms with Crippen molar-refractivity contribution in [1.29, 1.82) is 0 Å². The maximum atomic E-state index is 12.5. The molecule has 1 aliphatic heterocycles. The van der Waals surface area contributed by atoms with E-state index in [0.29, 0.717) is 10.9 Å². The second-order valence-electron chi connectivity index (χ2n) is 7.22. The van der Waals surface area contributed by atoms with E-state index in [1.54, 1.807) is 15.9 Å². The monoisotopic (exact) mass is 434 g/mol. The molecule has 6 nitrogen and oxygen atoms in total. The molecule has 150 valence electrons. The summed E-state index contributed by atoms with van der Waals surface area (Å²) >= 11 is 3.17. The van der Waals surface area contributed by atoms with Crippen molar-refractivity contribution in [3.63, 3.8) is 0 Å². The lowest BCUT2D eigenvalue weighted by atomic mass is 10.2. The average molecular weight is 435 g/mol. The van der Waals surface area contributed by atoms with Crippen LogP contribution in [0.5, 0.6) is 0 Å². The number of thioether (sulfide) groups is 1. The third kappa shape index (κ3) is 3.64. The zero-order chi connectivity index (χ0) is 20.7. The summed E-state index contributed by atoms with van der Waals surface area (Å²) in [7, 11) is 0. The highest BCUT2D eigenvalue weighted by Gasteiger charge is 2.26. The molecule has 0 aliphatic carbocycles. The summed E-state index contributed by atoms with van der Waals surface area (Å²) in [5.74, 6) is 0.558. The molecule has 1 N–H and O–H groups in total. The van der Waals surface area contributed by atoms with E-state index in [1.807, 2.05) is 30.3 Å². The molecule has 1 unspecified atom stereocenters. The average Bonchev–Trinajstić information content (AvgIpc) is 3.33. The van der Waals surface area contributed by atoms with Crippen LogP contribution in [0.2, 0.25) is 0 Å². The molecule has 1 aliphatic rings. The number of carbonyl (C=O) groups excluding carboxylic acids is 1. The Morgan fingerprint density at radius 3 is 2.87 bits per heavy atom. The molecule has 0 radical (unpaired) electrons. The first-order chi connectivity index (χ1) is 14.6. The minimum atomic E-state index is -0.170. The van der Waals surface area contributed by atoms with E-state index in [-0.39, 0.29) is 23.9 Å². The summed E-state index contributed by atoms with van der Waals surface area (Å²) in [4.78, 5) is 33.5. The molecule has 0 fully saturated rings. The Hall–Kier alpha value is -2.97. The molecular weight excluding hydrogens is 416 g/mol. The summed E-state index contributed by atoms with van der Waals surface area (Å²) in [5, 5.41) is 4.57. The third-order valence-corrected chi connectivity index (χ3v) is 7.18. The van der Waals surface area contributed by atoms with Crippen molar-refractivity contribution in [2.24, 2.45) is 0 Å². The van der Waals surface area contributed by atoms with Crippen molar-refractivity contribution < 1.29 is 4.79 Å². The molecule has 8 heteroatoms. The molecule has 0 saturated carbocycles. The van der Waals surface area contributed by atoms with Gasteiger partial charge < -0.3 is 5.32 Å². The maximum absolute atomic E-state index is 12.5. The van der Waals surface area contributed by atoms with Gasteiger partial charge in [0.05, 0.1) is 16.3 Å². The molecule has 2 aromatic carbocycles. The van der Waals surface area contributed by atoms with Gasteiger partial charge >= 0.3 is 0 Å². The molecule has 4 aromatic rings. The van der Waals surface area contributed by atoms with E-state index >= 15 is 0 Å². The van der Waals surface area contributed by atoms with E-state index in [4.69, 9.17) is 4.98 Å². The highest BCUT2D eigenvalue weighted by atomic mass is 32.2. The zero-order valence-corrected chi connectivity index (χ0v) is 17.8. The van der Waals surface area contributed by atoms with Gasteiger partial charge in [-0.3, -0.25) is 14.2 Å². The predicted octanol–water partition coefficient (Wildman–Crippen LogP) is 4.50. The molecule has 2 aromatic heterocycles. The largest absolute Gasteiger partial charge is 0.326 e. The Morgan fingerprint density at radius 2 is 2.03 bits per heavy atom. The Kier molecular flexibility index (Phi) is 4.88.